The van der Waals surface area contributed by atoms with E-state index in [2.05, 4.69) is 6.92 Å². The van der Waals surface area contributed by atoms with Gasteiger partial charge in [-0.15, -0.1) is 0 Å². The highest BCUT2D eigenvalue weighted by molar-refractivity contribution is 4.87. The van der Waals surface area contributed by atoms with Crippen molar-refractivity contribution in [3.8, 4) is 0 Å². The largest absolute Gasteiger partial charge is 0.496 e. The van der Waals surface area contributed by atoms with E-state index in [1.165, 1.54) is 0 Å². The van der Waals surface area contributed by atoms with Crippen LogP contribution in [0.25, 0.3) is 0 Å². The Hall–Kier alpha value is -0.500. The Morgan fingerprint density at radius 2 is 2.56 bits per heavy atom. The molecule has 0 bridgehead atoms. The summed E-state index contributed by atoms with van der Waals surface area (Å²) in [6.45, 7) is 2.25. The second-order valence-corrected chi connectivity index (χ2v) is 2.48. The van der Waals surface area contributed by atoms with Crippen molar-refractivity contribution in [2.24, 2.45) is 5.92 Å². The molecule has 0 amide bonds. The molecule has 0 unspecified atom stereocenters. The van der Waals surface area contributed by atoms with Crippen LogP contribution >= 0.6 is 0 Å². The van der Waals surface area contributed by atoms with Crippen LogP contribution in [-0.4, -0.2) is 17.8 Å². The zero-order valence-corrected chi connectivity index (χ0v) is 5.58. The fourth-order valence-corrected chi connectivity index (χ4v) is 0.957. The number of hydrogen-bond acceptors (Lipinski definition) is 2. The molecule has 0 saturated heterocycles. The van der Waals surface area contributed by atoms with Gasteiger partial charge >= 0.3 is 0 Å². The van der Waals surface area contributed by atoms with Crippen LogP contribution in [0.15, 0.2) is 12.3 Å². The lowest BCUT2D eigenvalue weighted by molar-refractivity contribution is 0.0527. The van der Waals surface area contributed by atoms with Gasteiger partial charge in [0.05, 0.1) is 12.9 Å². The van der Waals surface area contributed by atoms with Crippen molar-refractivity contribution >= 4 is 0 Å². The third-order valence-corrected chi connectivity index (χ3v) is 1.52. The molecule has 52 valence electrons. The highest BCUT2D eigenvalue weighted by Crippen LogP contribution is 2.15. The summed E-state index contributed by atoms with van der Waals surface area (Å²) in [6.07, 6.45) is 4.65. The zero-order valence-electron chi connectivity index (χ0n) is 5.58. The van der Waals surface area contributed by atoms with Crippen molar-refractivity contribution in [1.82, 2.24) is 0 Å². The molecule has 0 aromatic carbocycles. The molecule has 1 heterocycles. The molecule has 2 atom stereocenters. The molecule has 0 saturated carbocycles. The quantitative estimate of drug-likeness (QED) is 0.569. The third kappa shape index (κ3) is 1.72. The van der Waals surface area contributed by atoms with Crippen molar-refractivity contribution in [3.63, 3.8) is 0 Å². The van der Waals surface area contributed by atoms with Gasteiger partial charge in [0.1, 0.15) is 6.10 Å². The van der Waals surface area contributed by atoms with E-state index in [9.17, 15) is 0 Å². The lowest BCUT2D eigenvalue weighted by atomic mass is 10.0. The van der Waals surface area contributed by atoms with Crippen LogP contribution in [-0.2, 0) is 4.74 Å². The topological polar surface area (TPSA) is 29.5 Å². The summed E-state index contributed by atoms with van der Waals surface area (Å²) in [5.41, 5.74) is 0. The standard InChI is InChI=1S/C7H12O2/c1-6-2-3-9-7(4-6)5-8/h2-3,6-8H,4-5H2,1H3/t6-,7+/m1/s1. The lowest BCUT2D eigenvalue weighted by Gasteiger charge is -2.20. The molecule has 0 aliphatic carbocycles. The first-order valence-corrected chi connectivity index (χ1v) is 3.26. The first-order valence-electron chi connectivity index (χ1n) is 3.26. The van der Waals surface area contributed by atoms with Crippen LogP contribution in [0.3, 0.4) is 0 Å². The molecule has 0 aromatic rings. The smallest absolute Gasteiger partial charge is 0.121 e. The van der Waals surface area contributed by atoms with E-state index in [4.69, 9.17) is 9.84 Å². The van der Waals surface area contributed by atoms with Gasteiger partial charge in [0.25, 0.3) is 0 Å². The molecule has 1 aliphatic rings. The van der Waals surface area contributed by atoms with Crippen LogP contribution in [0.4, 0.5) is 0 Å². The summed E-state index contributed by atoms with van der Waals surface area (Å²) in [7, 11) is 0. The highest BCUT2D eigenvalue weighted by Gasteiger charge is 2.13. The van der Waals surface area contributed by atoms with Crippen LogP contribution in [0.2, 0.25) is 0 Å². The molecule has 2 nitrogen and oxygen atoms in total. The van der Waals surface area contributed by atoms with Gasteiger partial charge in [-0.2, -0.15) is 0 Å². The third-order valence-electron chi connectivity index (χ3n) is 1.52. The van der Waals surface area contributed by atoms with E-state index < -0.39 is 0 Å². The fourth-order valence-electron chi connectivity index (χ4n) is 0.957. The Bertz CT molecular complexity index is 109. The molecule has 9 heavy (non-hydrogen) atoms. The second kappa shape index (κ2) is 2.87. The molecule has 1 aliphatic heterocycles. The van der Waals surface area contributed by atoms with E-state index >= 15 is 0 Å². The van der Waals surface area contributed by atoms with Crippen LogP contribution in [0.5, 0.6) is 0 Å². The van der Waals surface area contributed by atoms with Gasteiger partial charge in [-0.05, 0) is 18.4 Å². The Morgan fingerprint density at radius 3 is 3.00 bits per heavy atom. The van der Waals surface area contributed by atoms with Gasteiger partial charge in [-0.25, -0.2) is 0 Å². The maximum absolute atomic E-state index is 8.65. The van der Waals surface area contributed by atoms with Gasteiger partial charge in [0, 0.05) is 0 Å². The zero-order chi connectivity index (χ0) is 6.69. The van der Waals surface area contributed by atoms with Crippen LogP contribution in [0, 0.1) is 5.92 Å². The van der Waals surface area contributed by atoms with Crippen molar-refractivity contribution in [3.05, 3.63) is 12.3 Å². The molecule has 1 N–H and O–H groups in total. The molecule has 0 fully saturated rings. The minimum atomic E-state index is 0.0324. The van der Waals surface area contributed by atoms with Crippen LogP contribution in [0.1, 0.15) is 13.3 Å². The first kappa shape index (κ1) is 6.62. The molecule has 2 heteroatoms. The number of rotatable bonds is 1. The summed E-state index contributed by atoms with van der Waals surface area (Å²) >= 11 is 0. The molecule has 1 rings (SSSR count). The number of aliphatic hydroxyl groups excluding tert-OH is 1. The van der Waals surface area contributed by atoms with Crippen molar-refractivity contribution in [2.45, 2.75) is 19.4 Å². The lowest BCUT2D eigenvalue weighted by Crippen LogP contribution is -2.20. The molecular formula is C7H12O2. The van der Waals surface area contributed by atoms with Crippen molar-refractivity contribution in [2.75, 3.05) is 6.61 Å². The Morgan fingerprint density at radius 1 is 1.78 bits per heavy atom. The Labute approximate surface area is 55.1 Å². The predicted molar refractivity (Wildman–Crippen MR) is 34.9 cm³/mol. The Balaban J connectivity index is 2.38. The SMILES string of the molecule is C[C@@H]1C=CO[C@H](CO)C1. The Kier molecular flexibility index (Phi) is 2.11. The van der Waals surface area contributed by atoms with Gasteiger partial charge in [0.15, 0.2) is 0 Å². The van der Waals surface area contributed by atoms with Crippen LogP contribution < -0.4 is 0 Å². The van der Waals surface area contributed by atoms with Crippen molar-refractivity contribution < 1.29 is 9.84 Å². The minimum Gasteiger partial charge on any atom is -0.496 e. The number of allylic oxidation sites excluding steroid dienone is 1. The molecular weight excluding hydrogens is 116 g/mol. The van der Waals surface area contributed by atoms with Gasteiger partial charge in [-0.3, -0.25) is 0 Å². The summed E-state index contributed by atoms with van der Waals surface area (Å²) < 4.78 is 5.07. The van der Waals surface area contributed by atoms with E-state index in [1.54, 1.807) is 6.26 Å². The number of aliphatic hydroxyl groups is 1. The average Bonchev–Trinajstić information content (AvgIpc) is 1.88. The second-order valence-electron chi connectivity index (χ2n) is 2.48. The molecule has 0 spiro atoms. The summed E-state index contributed by atoms with van der Waals surface area (Å²) in [5.74, 6) is 0.552. The number of hydrogen-bond donors (Lipinski definition) is 1. The van der Waals surface area contributed by atoms with E-state index in [0.29, 0.717) is 5.92 Å². The monoisotopic (exact) mass is 128 g/mol. The number of ether oxygens (including phenoxy) is 1. The van der Waals surface area contributed by atoms with Gasteiger partial charge in [-0.1, -0.05) is 6.92 Å². The van der Waals surface area contributed by atoms with Gasteiger partial charge < -0.3 is 9.84 Å². The van der Waals surface area contributed by atoms with E-state index in [1.807, 2.05) is 6.08 Å². The average molecular weight is 128 g/mol. The first-order chi connectivity index (χ1) is 4.33. The summed E-state index contributed by atoms with van der Waals surface area (Å²) in [6, 6.07) is 0. The maximum Gasteiger partial charge on any atom is 0.121 e. The van der Waals surface area contributed by atoms with Crippen molar-refractivity contribution in [1.29, 1.82) is 0 Å². The highest BCUT2D eigenvalue weighted by atomic mass is 16.5. The maximum atomic E-state index is 8.65. The summed E-state index contributed by atoms with van der Waals surface area (Å²) in [5, 5.41) is 8.65. The minimum absolute atomic E-state index is 0.0324. The van der Waals surface area contributed by atoms with E-state index in [0.717, 1.165) is 6.42 Å². The fraction of sp³-hybridized carbons (Fsp3) is 0.714. The van der Waals surface area contributed by atoms with Gasteiger partial charge in [0.2, 0.25) is 0 Å². The summed E-state index contributed by atoms with van der Waals surface area (Å²) in [4.78, 5) is 0. The normalized spacial score (nSPS) is 34.0. The predicted octanol–water partition coefficient (Wildman–Crippen LogP) is 0.917. The van der Waals surface area contributed by atoms with E-state index in [-0.39, 0.29) is 12.7 Å². The molecule has 0 aromatic heterocycles. The molecule has 0 radical (unpaired) electrons.